The average Bonchev–Trinajstić information content (AvgIpc) is 3.20. The van der Waals surface area contributed by atoms with Crippen LogP contribution in [0, 0.1) is 0 Å². The number of hydrogen-bond acceptors (Lipinski definition) is 5. The molecule has 4 rings (SSSR count). The summed E-state index contributed by atoms with van der Waals surface area (Å²) in [6.45, 7) is 7.15. The van der Waals surface area contributed by atoms with Crippen LogP contribution in [0.2, 0.25) is 0 Å². The number of imidazole rings is 1. The molecule has 0 aliphatic carbocycles. The van der Waals surface area contributed by atoms with Crippen LogP contribution in [0.4, 0.5) is 0 Å². The molecule has 1 amide bonds. The number of nitrogens with one attached hydrogen (secondary N) is 1. The van der Waals surface area contributed by atoms with E-state index in [2.05, 4.69) is 31.9 Å². The number of methoxy groups -OCH3 is 1. The van der Waals surface area contributed by atoms with E-state index in [0.29, 0.717) is 6.54 Å². The first kappa shape index (κ1) is 19.9. The predicted molar refractivity (Wildman–Crippen MR) is 110 cm³/mol. The van der Waals surface area contributed by atoms with Crippen LogP contribution in [0.25, 0.3) is 0 Å². The van der Waals surface area contributed by atoms with Crippen molar-refractivity contribution in [1.82, 2.24) is 19.8 Å². The van der Waals surface area contributed by atoms with Crippen LogP contribution in [0.5, 0.6) is 5.75 Å². The molecule has 1 N–H and O–H groups in total. The summed E-state index contributed by atoms with van der Waals surface area (Å²) in [5, 5.41) is 2.99. The lowest BCUT2D eigenvalue weighted by atomic mass is 9.88. The molecule has 1 spiro atoms. The van der Waals surface area contributed by atoms with E-state index in [1.807, 2.05) is 38.4 Å². The van der Waals surface area contributed by atoms with Crippen LogP contribution in [-0.2, 0) is 28.2 Å². The van der Waals surface area contributed by atoms with Gasteiger partial charge in [-0.2, -0.15) is 0 Å². The fraction of sp³-hybridized carbons (Fsp3) is 0.545. The number of carbonyl (C=O) groups is 1. The molecule has 1 atom stereocenters. The normalized spacial score (nSPS) is 21.2. The predicted octanol–water partition coefficient (Wildman–Crippen LogP) is 2.31. The van der Waals surface area contributed by atoms with Crippen molar-refractivity contribution in [2.45, 2.75) is 57.5 Å². The number of amides is 1. The molecular formula is C22H30N4O3. The number of piperidine rings is 1. The lowest BCUT2D eigenvalue weighted by Gasteiger charge is -2.45. The zero-order valence-corrected chi connectivity index (χ0v) is 17.4. The second kappa shape index (κ2) is 8.16. The van der Waals surface area contributed by atoms with Crippen LogP contribution in [0.1, 0.15) is 38.1 Å². The van der Waals surface area contributed by atoms with Crippen molar-refractivity contribution in [3.05, 3.63) is 48.0 Å². The second-order valence-electron chi connectivity index (χ2n) is 8.29. The van der Waals surface area contributed by atoms with E-state index in [0.717, 1.165) is 44.0 Å². The number of ether oxygens (including phenoxy) is 2. The van der Waals surface area contributed by atoms with Gasteiger partial charge in [0.15, 0.2) is 6.10 Å². The largest absolute Gasteiger partial charge is 0.497 e. The Bertz CT molecular complexity index is 838. The van der Waals surface area contributed by atoms with Crippen LogP contribution < -0.4 is 10.1 Å². The lowest BCUT2D eigenvalue weighted by Crippen LogP contribution is -2.54. The van der Waals surface area contributed by atoms with Gasteiger partial charge in [0.05, 0.1) is 13.7 Å². The Morgan fingerprint density at radius 2 is 2.03 bits per heavy atom. The second-order valence-corrected chi connectivity index (χ2v) is 8.29. The van der Waals surface area contributed by atoms with Crippen molar-refractivity contribution in [1.29, 1.82) is 0 Å². The molecule has 3 heterocycles. The number of rotatable bonds is 5. The fourth-order valence-corrected chi connectivity index (χ4v) is 4.31. The molecule has 0 bridgehead atoms. The maximum Gasteiger partial charge on any atom is 0.251 e. The number of carbonyl (C=O) groups excluding carboxylic acids is 1. The molecule has 7 nitrogen and oxygen atoms in total. The molecule has 0 saturated carbocycles. The highest BCUT2D eigenvalue weighted by molar-refractivity contribution is 5.81. The highest BCUT2D eigenvalue weighted by atomic mass is 16.5. The molecule has 1 aromatic carbocycles. The van der Waals surface area contributed by atoms with Gasteiger partial charge in [-0.05, 0) is 44.4 Å². The van der Waals surface area contributed by atoms with E-state index in [1.54, 1.807) is 7.11 Å². The minimum absolute atomic E-state index is 0.0422. The monoisotopic (exact) mass is 398 g/mol. The van der Waals surface area contributed by atoms with Gasteiger partial charge in [0.2, 0.25) is 0 Å². The third-order valence-corrected chi connectivity index (χ3v) is 5.81. The topological polar surface area (TPSA) is 68.6 Å². The maximum absolute atomic E-state index is 12.6. The molecule has 1 saturated heterocycles. The smallest absolute Gasteiger partial charge is 0.251 e. The third-order valence-electron chi connectivity index (χ3n) is 5.81. The summed E-state index contributed by atoms with van der Waals surface area (Å²) in [5.41, 5.74) is 0.777. The van der Waals surface area contributed by atoms with Crippen LogP contribution in [0.3, 0.4) is 0 Å². The quantitative estimate of drug-likeness (QED) is 0.837. The Morgan fingerprint density at radius 1 is 1.31 bits per heavy atom. The van der Waals surface area contributed by atoms with Crippen molar-refractivity contribution in [3.63, 3.8) is 0 Å². The molecule has 0 radical (unpaired) electrons. The van der Waals surface area contributed by atoms with E-state index < -0.39 is 11.7 Å². The summed E-state index contributed by atoms with van der Waals surface area (Å²) in [7, 11) is 1.68. The molecule has 1 aromatic heterocycles. The zero-order chi connectivity index (χ0) is 20.4. The maximum atomic E-state index is 12.6. The van der Waals surface area contributed by atoms with Gasteiger partial charge in [-0.15, -0.1) is 0 Å². The van der Waals surface area contributed by atoms with E-state index in [9.17, 15) is 4.79 Å². The summed E-state index contributed by atoms with van der Waals surface area (Å²) in [4.78, 5) is 19.7. The number of fused-ring (bicyclic) bond motifs is 2. The third kappa shape index (κ3) is 4.16. The van der Waals surface area contributed by atoms with Crippen molar-refractivity contribution in [3.8, 4) is 5.75 Å². The van der Waals surface area contributed by atoms with Crippen LogP contribution in [0.15, 0.2) is 36.7 Å². The van der Waals surface area contributed by atoms with Crippen molar-refractivity contribution < 1.29 is 14.3 Å². The average molecular weight is 399 g/mol. The highest BCUT2D eigenvalue weighted by Crippen LogP contribution is 2.40. The van der Waals surface area contributed by atoms with Crippen molar-refractivity contribution in [2.75, 3.05) is 20.2 Å². The van der Waals surface area contributed by atoms with Crippen LogP contribution in [-0.4, -0.2) is 52.7 Å². The van der Waals surface area contributed by atoms with Gasteiger partial charge in [-0.25, -0.2) is 4.98 Å². The molecule has 2 aliphatic heterocycles. The first-order chi connectivity index (χ1) is 14.0. The van der Waals surface area contributed by atoms with E-state index >= 15 is 0 Å². The first-order valence-corrected chi connectivity index (χ1v) is 10.3. The summed E-state index contributed by atoms with van der Waals surface area (Å²) in [5.74, 6) is 1.79. The van der Waals surface area contributed by atoms with Gasteiger partial charge in [0.1, 0.15) is 17.2 Å². The molecule has 2 aliphatic rings. The Hall–Kier alpha value is -2.38. The number of benzene rings is 1. The van der Waals surface area contributed by atoms with E-state index in [4.69, 9.17) is 9.47 Å². The fourth-order valence-electron chi connectivity index (χ4n) is 4.31. The van der Waals surface area contributed by atoms with Gasteiger partial charge >= 0.3 is 0 Å². The van der Waals surface area contributed by atoms with E-state index in [-0.39, 0.29) is 11.9 Å². The van der Waals surface area contributed by atoms with Crippen LogP contribution >= 0.6 is 0 Å². The summed E-state index contributed by atoms with van der Waals surface area (Å²) in [6.07, 6.45) is 4.94. The molecule has 2 aromatic rings. The molecular weight excluding hydrogens is 368 g/mol. The lowest BCUT2D eigenvalue weighted by molar-refractivity contribution is -0.174. The van der Waals surface area contributed by atoms with Gasteiger partial charge in [0, 0.05) is 38.1 Å². The minimum Gasteiger partial charge on any atom is -0.497 e. The van der Waals surface area contributed by atoms with Gasteiger partial charge in [-0.3, -0.25) is 9.69 Å². The van der Waals surface area contributed by atoms with Gasteiger partial charge < -0.3 is 19.4 Å². The summed E-state index contributed by atoms with van der Waals surface area (Å²) in [6, 6.07) is 8.32. The van der Waals surface area contributed by atoms with Gasteiger partial charge in [0.25, 0.3) is 5.91 Å². The van der Waals surface area contributed by atoms with Crippen molar-refractivity contribution in [2.24, 2.45) is 0 Å². The molecule has 1 unspecified atom stereocenters. The van der Waals surface area contributed by atoms with E-state index in [1.165, 1.54) is 5.56 Å². The number of hydrogen-bond donors (Lipinski definition) is 1. The van der Waals surface area contributed by atoms with Gasteiger partial charge in [-0.1, -0.05) is 12.1 Å². The molecule has 156 valence electrons. The minimum atomic E-state index is -0.489. The Kier molecular flexibility index (Phi) is 5.61. The Morgan fingerprint density at radius 3 is 2.69 bits per heavy atom. The number of aromatic nitrogens is 2. The summed E-state index contributed by atoms with van der Waals surface area (Å²) >= 11 is 0. The molecule has 7 heteroatoms. The zero-order valence-electron chi connectivity index (χ0n) is 17.4. The molecule has 29 heavy (non-hydrogen) atoms. The Labute approximate surface area is 172 Å². The number of likely N-dealkylation sites (tertiary alicyclic amines) is 1. The SMILES string of the molecule is COc1ccc(CN2CCC3(CC2)OC(C(=O)NC(C)C)Cn2ccnc23)cc1. The summed E-state index contributed by atoms with van der Waals surface area (Å²) < 4.78 is 13.8. The highest BCUT2D eigenvalue weighted by Gasteiger charge is 2.47. The Balaban J connectivity index is 1.45. The molecule has 1 fully saturated rings. The van der Waals surface area contributed by atoms with Crippen molar-refractivity contribution >= 4 is 5.91 Å². The number of nitrogens with zero attached hydrogens (tertiary/aromatic N) is 3. The first-order valence-electron chi connectivity index (χ1n) is 10.3. The standard InChI is InChI=1S/C22H30N4O3/c1-16(2)24-20(27)19-15-26-13-10-23-21(26)22(29-19)8-11-25(12-9-22)14-17-4-6-18(28-3)7-5-17/h4-7,10,13,16,19H,8-9,11-12,14-15H2,1-3H3,(H,24,27).